The van der Waals surface area contributed by atoms with E-state index in [1.165, 1.54) is 30.4 Å². The molecule has 1 unspecified atom stereocenters. The molecule has 1 aliphatic rings. The van der Waals surface area contributed by atoms with Gasteiger partial charge in [-0.2, -0.15) is 0 Å². The van der Waals surface area contributed by atoms with Gasteiger partial charge >= 0.3 is 0 Å². The second kappa shape index (κ2) is 4.48. The van der Waals surface area contributed by atoms with Crippen LogP contribution in [0.5, 0.6) is 0 Å². The molecular formula is C13H15BrN4. The van der Waals surface area contributed by atoms with Gasteiger partial charge in [-0.1, -0.05) is 23.4 Å². The fourth-order valence-corrected chi connectivity index (χ4v) is 3.19. The van der Waals surface area contributed by atoms with Crippen molar-refractivity contribution in [3.05, 3.63) is 45.2 Å². The smallest absolute Gasteiger partial charge is 0.153 e. The summed E-state index contributed by atoms with van der Waals surface area (Å²) in [4.78, 5) is 0. The Kier molecular flexibility index (Phi) is 2.95. The number of aryl methyl sites for hydroxylation is 3. The summed E-state index contributed by atoms with van der Waals surface area (Å²) in [6.45, 7) is 0. The highest BCUT2D eigenvalue weighted by Gasteiger charge is 2.20. The molecule has 1 aromatic carbocycles. The summed E-state index contributed by atoms with van der Waals surface area (Å²) in [5, 5.41) is 7.96. The number of halogens is 1. The lowest BCUT2D eigenvalue weighted by Gasteiger charge is -2.14. The molecule has 0 aliphatic heterocycles. The van der Waals surface area contributed by atoms with E-state index >= 15 is 0 Å². The monoisotopic (exact) mass is 306 g/mol. The third kappa shape index (κ3) is 1.87. The molecule has 1 aromatic heterocycles. The number of rotatable bonds is 2. The predicted octanol–water partition coefficient (Wildman–Crippen LogP) is 2.11. The van der Waals surface area contributed by atoms with Crippen molar-refractivity contribution in [3.63, 3.8) is 0 Å². The van der Waals surface area contributed by atoms with Crippen molar-refractivity contribution in [3.8, 4) is 0 Å². The topological polar surface area (TPSA) is 56.7 Å². The minimum Gasteiger partial charge on any atom is -0.319 e. The van der Waals surface area contributed by atoms with E-state index in [-0.39, 0.29) is 6.04 Å². The lowest BCUT2D eigenvalue weighted by molar-refractivity contribution is 0.650. The maximum atomic E-state index is 6.33. The molecule has 3 rings (SSSR count). The highest BCUT2D eigenvalue weighted by Crippen LogP contribution is 2.29. The second-order valence-electron chi connectivity index (χ2n) is 4.75. The first-order valence-electron chi connectivity index (χ1n) is 6.09. The maximum Gasteiger partial charge on any atom is 0.153 e. The Bertz CT molecular complexity index is 571. The van der Waals surface area contributed by atoms with Crippen LogP contribution in [0.15, 0.2) is 22.8 Å². The molecule has 4 nitrogen and oxygen atoms in total. The van der Waals surface area contributed by atoms with Gasteiger partial charge in [-0.25, -0.2) is 4.68 Å². The maximum absolute atomic E-state index is 6.33. The van der Waals surface area contributed by atoms with Crippen LogP contribution in [0.3, 0.4) is 0 Å². The van der Waals surface area contributed by atoms with Gasteiger partial charge in [-0.15, -0.1) is 5.10 Å². The first-order chi connectivity index (χ1) is 8.66. The van der Waals surface area contributed by atoms with Crippen molar-refractivity contribution < 1.29 is 0 Å². The SMILES string of the molecule is Cn1nnc(Br)c1C(N)c1ccc2c(c1)CCC2. The first-order valence-corrected chi connectivity index (χ1v) is 6.88. The van der Waals surface area contributed by atoms with Gasteiger partial charge in [0.15, 0.2) is 4.60 Å². The normalized spacial score (nSPS) is 15.7. The van der Waals surface area contributed by atoms with E-state index in [1.54, 1.807) is 4.68 Å². The molecule has 0 bridgehead atoms. The van der Waals surface area contributed by atoms with E-state index in [0.717, 1.165) is 15.9 Å². The Morgan fingerprint density at radius 3 is 2.83 bits per heavy atom. The molecule has 1 atom stereocenters. The van der Waals surface area contributed by atoms with Gasteiger partial charge in [0.2, 0.25) is 0 Å². The standard InChI is InChI=1S/C13H15BrN4/c1-18-12(13(14)16-17-18)11(15)10-6-5-8-3-2-4-9(8)7-10/h5-7,11H,2-4,15H2,1H3. The highest BCUT2D eigenvalue weighted by atomic mass is 79.9. The largest absolute Gasteiger partial charge is 0.319 e. The second-order valence-corrected chi connectivity index (χ2v) is 5.50. The van der Waals surface area contributed by atoms with Crippen LogP contribution in [-0.4, -0.2) is 15.0 Å². The third-order valence-corrected chi connectivity index (χ3v) is 4.17. The number of nitrogens with two attached hydrogens (primary N) is 1. The van der Waals surface area contributed by atoms with Gasteiger partial charge in [0.05, 0.1) is 11.7 Å². The van der Waals surface area contributed by atoms with E-state index < -0.39 is 0 Å². The Balaban J connectivity index is 2.00. The Hall–Kier alpha value is -1.20. The van der Waals surface area contributed by atoms with Crippen LogP contribution in [0.2, 0.25) is 0 Å². The molecule has 0 saturated carbocycles. The lowest BCUT2D eigenvalue weighted by Crippen LogP contribution is -2.16. The molecule has 0 spiro atoms. The molecule has 1 heterocycles. The third-order valence-electron chi connectivity index (χ3n) is 3.60. The van der Waals surface area contributed by atoms with E-state index in [1.807, 2.05) is 7.05 Å². The van der Waals surface area contributed by atoms with Crippen LogP contribution in [0.25, 0.3) is 0 Å². The van der Waals surface area contributed by atoms with Crippen molar-refractivity contribution in [1.82, 2.24) is 15.0 Å². The number of fused-ring (bicyclic) bond motifs is 1. The summed E-state index contributed by atoms with van der Waals surface area (Å²) >= 11 is 3.40. The average Bonchev–Trinajstić information content (AvgIpc) is 2.94. The Morgan fingerprint density at radius 2 is 2.11 bits per heavy atom. The Labute approximate surface area is 114 Å². The molecule has 1 aliphatic carbocycles. The fraction of sp³-hybridized carbons (Fsp3) is 0.385. The molecule has 94 valence electrons. The minimum atomic E-state index is -0.190. The summed E-state index contributed by atoms with van der Waals surface area (Å²) < 4.78 is 2.44. The van der Waals surface area contributed by atoms with Crippen molar-refractivity contribution in [1.29, 1.82) is 0 Å². The van der Waals surface area contributed by atoms with Gasteiger partial charge in [0, 0.05) is 7.05 Å². The molecule has 18 heavy (non-hydrogen) atoms. The van der Waals surface area contributed by atoms with Crippen molar-refractivity contribution in [2.75, 3.05) is 0 Å². The summed E-state index contributed by atoms with van der Waals surface area (Å²) in [6, 6.07) is 6.36. The number of benzene rings is 1. The lowest BCUT2D eigenvalue weighted by atomic mass is 10.00. The van der Waals surface area contributed by atoms with E-state index in [4.69, 9.17) is 5.73 Å². The van der Waals surface area contributed by atoms with Crippen LogP contribution in [0.1, 0.15) is 34.8 Å². The van der Waals surface area contributed by atoms with Crippen LogP contribution >= 0.6 is 15.9 Å². The number of nitrogens with zero attached hydrogens (tertiary/aromatic N) is 3. The summed E-state index contributed by atoms with van der Waals surface area (Å²) in [6.07, 6.45) is 3.62. The Morgan fingerprint density at radius 1 is 1.33 bits per heavy atom. The summed E-state index contributed by atoms with van der Waals surface area (Å²) in [5.41, 5.74) is 11.3. The quantitative estimate of drug-likeness (QED) is 0.924. The zero-order chi connectivity index (χ0) is 12.7. The average molecular weight is 307 g/mol. The van der Waals surface area contributed by atoms with E-state index in [0.29, 0.717) is 0 Å². The van der Waals surface area contributed by atoms with Crippen LogP contribution < -0.4 is 5.73 Å². The van der Waals surface area contributed by atoms with Crippen LogP contribution in [-0.2, 0) is 19.9 Å². The molecule has 0 saturated heterocycles. The summed E-state index contributed by atoms with van der Waals surface area (Å²) in [5.74, 6) is 0. The van der Waals surface area contributed by atoms with Gasteiger partial charge in [-0.05, 0) is 51.9 Å². The molecule has 2 N–H and O–H groups in total. The van der Waals surface area contributed by atoms with Gasteiger partial charge < -0.3 is 5.73 Å². The number of aromatic nitrogens is 3. The van der Waals surface area contributed by atoms with Gasteiger partial charge in [-0.3, -0.25) is 0 Å². The van der Waals surface area contributed by atoms with Crippen molar-refractivity contribution in [2.45, 2.75) is 25.3 Å². The van der Waals surface area contributed by atoms with Crippen LogP contribution in [0, 0.1) is 0 Å². The van der Waals surface area contributed by atoms with Gasteiger partial charge in [0.1, 0.15) is 0 Å². The molecule has 0 fully saturated rings. The molecule has 5 heteroatoms. The highest BCUT2D eigenvalue weighted by molar-refractivity contribution is 9.10. The minimum absolute atomic E-state index is 0.190. The van der Waals surface area contributed by atoms with Gasteiger partial charge in [0.25, 0.3) is 0 Å². The molecular weight excluding hydrogens is 292 g/mol. The number of hydrogen-bond acceptors (Lipinski definition) is 3. The number of hydrogen-bond donors (Lipinski definition) is 1. The van der Waals surface area contributed by atoms with E-state index in [2.05, 4.69) is 44.4 Å². The summed E-state index contributed by atoms with van der Waals surface area (Å²) in [7, 11) is 1.86. The van der Waals surface area contributed by atoms with Crippen molar-refractivity contribution >= 4 is 15.9 Å². The molecule has 2 aromatic rings. The zero-order valence-electron chi connectivity index (χ0n) is 10.2. The molecule has 0 radical (unpaired) electrons. The van der Waals surface area contributed by atoms with E-state index in [9.17, 15) is 0 Å². The van der Waals surface area contributed by atoms with Crippen molar-refractivity contribution in [2.24, 2.45) is 12.8 Å². The zero-order valence-corrected chi connectivity index (χ0v) is 11.8. The predicted molar refractivity (Wildman–Crippen MR) is 73.2 cm³/mol. The molecule has 0 amide bonds. The fourth-order valence-electron chi connectivity index (χ4n) is 2.61. The van der Waals surface area contributed by atoms with Crippen LogP contribution in [0.4, 0.5) is 0 Å². The first kappa shape index (κ1) is 11.9.